The number of nitro benzene ring substituents is 1. The van der Waals surface area contributed by atoms with Crippen molar-refractivity contribution in [1.29, 1.82) is 0 Å². The third-order valence-electron chi connectivity index (χ3n) is 6.07. The van der Waals surface area contributed by atoms with E-state index in [0.29, 0.717) is 0 Å². The van der Waals surface area contributed by atoms with E-state index in [0.717, 1.165) is 6.92 Å². The van der Waals surface area contributed by atoms with Crippen molar-refractivity contribution in [3.8, 4) is 5.75 Å². The first-order valence-electron chi connectivity index (χ1n) is 11.6. The van der Waals surface area contributed by atoms with Gasteiger partial charge in [0.1, 0.15) is 54.5 Å². The van der Waals surface area contributed by atoms with Crippen LogP contribution in [0, 0.1) is 10.1 Å². The summed E-state index contributed by atoms with van der Waals surface area (Å²) < 4.78 is 22.9. The van der Waals surface area contributed by atoms with E-state index in [-0.39, 0.29) is 11.4 Å². The Kier molecular flexibility index (Phi) is 9.91. The third-order valence-corrected chi connectivity index (χ3v) is 6.07. The van der Waals surface area contributed by atoms with E-state index >= 15 is 0 Å². The molecule has 212 valence electrons. The van der Waals surface area contributed by atoms with Crippen LogP contribution in [-0.4, -0.2) is 117 Å². The highest BCUT2D eigenvalue weighted by Gasteiger charge is 2.52. The zero-order chi connectivity index (χ0) is 28.1. The molecule has 2 aliphatic rings. The zero-order valence-electron chi connectivity index (χ0n) is 20.4. The van der Waals surface area contributed by atoms with Gasteiger partial charge in [-0.3, -0.25) is 19.7 Å². The number of non-ortho nitro benzene ring substituents is 1. The molecule has 3 rings (SSSR count). The highest BCUT2D eigenvalue weighted by Crippen LogP contribution is 2.31. The summed E-state index contributed by atoms with van der Waals surface area (Å²) in [7, 11) is 0. The summed E-state index contributed by atoms with van der Waals surface area (Å²) in [5, 5.41) is 67.0. The minimum absolute atomic E-state index is 0.0895. The van der Waals surface area contributed by atoms with E-state index in [2.05, 4.69) is 10.6 Å². The molecule has 38 heavy (non-hydrogen) atoms. The van der Waals surface area contributed by atoms with Crippen molar-refractivity contribution >= 4 is 17.5 Å². The number of nitrogens with zero attached hydrogens (tertiary/aromatic N) is 1. The van der Waals surface area contributed by atoms with Gasteiger partial charge in [0, 0.05) is 26.0 Å². The van der Waals surface area contributed by atoms with Gasteiger partial charge in [0.2, 0.25) is 18.1 Å². The van der Waals surface area contributed by atoms with Crippen LogP contribution in [0.3, 0.4) is 0 Å². The van der Waals surface area contributed by atoms with E-state index in [9.17, 15) is 45.2 Å². The number of amides is 2. The molecule has 2 aliphatic heterocycles. The lowest BCUT2D eigenvalue weighted by Gasteiger charge is -2.48. The normalized spacial score (nSPS) is 35.2. The fourth-order valence-corrected chi connectivity index (χ4v) is 4.24. The lowest BCUT2D eigenvalue weighted by Crippen LogP contribution is -2.70. The number of carbonyl (C=O) groups is 2. The number of nitro groups is 1. The van der Waals surface area contributed by atoms with Crippen LogP contribution in [-0.2, 0) is 23.8 Å². The molecule has 16 nitrogen and oxygen atoms in total. The van der Waals surface area contributed by atoms with Crippen LogP contribution in [0.4, 0.5) is 5.69 Å². The second-order valence-corrected chi connectivity index (χ2v) is 8.84. The van der Waals surface area contributed by atoms with Crippen LogP contribution in [0.1, 0.15) is 13.8 Å². The molecule has 2 heterocycles. The Morgan fingerprint density at radius 3 is 1.95 bits per heavy atom. The molecule has 1 aromatic rings. The molecule has 7 N–H and O–H groups in total. The fraction of sp³-hybridized carbons (Fsp3) is 0.636. The summed E-state index contributed by atoms with van der Waals surface area (Å²) in [5.74, 6) is -1.11. The van der Waals surface area contributed by atoms with Gasteiger partial charge in [-0.25, -0.2) is 0 Å². The number of aliphatic hydroxyl groups excluding tert-OH is 5. The summed E-state index contributed by atoms with van der Waals surface area (Å²) >= 11 is 0. The standard InChI is InChI=1S/C22H31N3O13/c1-9(28)23-15-19(32)17(30)13(7-26)36-21(15)38-20-16(24-10(2)29)22(37-14(8-27)18(20)31)35-12-5-3-11(4-6-12)25(33)34/h3-6,13-22,26-27,30-32H,7-8H2,1-2H3,(H,23,28)(H,24,29)/t13-,14-,15-,16-,17-,18+,19+,20+,21-,22+/m0/s1. The van der Waals surface area contributed by atoms with E-state index in [1.807, 2.05) is 0 Å². The number of aliphatic hydroxyl groups is 5. The monoisotopic (exact) mass is 545 g/mol. The first kappa shape index (κ1) is 29.6. The Hall–Kier alpha value is -2.96. The summed E-state index contributed by atoms with van der Waals surface area (Å²) in [4.78, 5) is 34.1. The van der Waals surface area contributed by atoms with Crippen molar-refractivity contribution < 1.29 is 59.0 Å². The minimum atomic E-state index is -1.65. The van der Waals surface area contributed by atoms with E-state index in [1.165, 1.54) is 31.2 Å². The van der Waals surface area contributed by atoms with Gasteiger partial charge in [-0.2, -0.15) is 0 Å². The quantitative estimate of drug-likeness (QED) is 0.120. The molecule has 10 atom stereocenters. The van der Waals surface area contributed by atoms with Gasteiger partial charge < -0.3 is 55.1 Å². The van der Waals surface area contributed by atoms with Crippen molar-refractivity contribution in [3.05, 3.63) is 34.4 Å². The predicted octanol–water partition coefficient (Wildman–Crippen LogP) is -3.11. The molecule has 0 aromatic heterocycles. The Morgan fingerprint density at radius 1 is 0.895 bits per heavy atom. The molecular weight excluding hydrogens is 514 g/mol. The molecule has 1 aromatic carbocycles. The second-order valence-electron chi connectivity index (χ2n) is 8.84. The highest BCUT2D eigenvalue weighted by atomic mass is 16.7. The van der Waals surface area contributed by atoms with Crippen LogP contribution in [0.15, 0.2) is 24.3 Å². The van der Waals surface area contributed by atoms with Gasteiger partial charge >= 0.3 is 0 Å². The number of benzene rings is 1. The zero-order valence-corrected chi connectivity index (χ0v) is 20.4. The molecular formula is C22H31N3O13. The van der Waals surface area contributed by atoms with Gasteiger partial charge in [-0.15, -0.1) is 0 Å². The van der Waals surface area contributed by atoms with Crippen molar-refractivity contribution in [2.45, 2.75) is 75.1 Å². The summed E-state index contributed by atoms with van der Waals surface area (Å²) in [5.41, 5.74) is -0.206. The lowest BCUT2D eigenvalue weighted by atomic mass is 9.94. The molecule has 0 saturated carbocycles. The van der Waals surface area contributed by atoms with Crippen LogP contribution < -0.4 is 15.4 Å². The van der Waals surface area contributed by atoms with Crippen molar-refractivity contribution in [2.75, 3.05) is 13.2 Å². The molecule has 0 spiro atoms. The average Bonchev–Trinajstić information content (AvgIpc) is 2.86. The van der Waals surface area contributed by atoms with Gasteiger partial charge in [-0.1, -0.05) is 0 Å². The SMILES string of the molecule is CC(=O)N[C@@H]1[C@H](O[C@H]2[C@H](O)[C@H](CO)O[C@@H](Oc3ccc([N+](=O)[O-])cc3)[C@H]2NC(C)=O)O[C@@H](CO)[C@H](O)[C@@H]1O. The Labute approximate surface area is 216 Å². The van der Waals surface area contributed by atoms with Crippen molar-refractivity contribution in [2.24, 2.45) is 0 Å². The molecule has 2 amide bonds. The Morgan fingerprint density at radius 2 is 1.42 bits per heavy atom. The van der Waals surface area contributed by atoms with Crippen LogP contribution in [0.2, 0.25) is 0 Å². The second kappa shape index (κ2) is 12.7. The number of nitrogens with one attached hydrogen (secondary N) is 2. The number of ether oxygens (including phenoxy) is 4. The maximum atomic E-state index is 12.1. The molecule has 0 bridgehead atoms. The largest absolute Gasteiger partial charge is 0.463 e. The maximum absolute atomic E-state index is 12.1. The summed E-state index contributed by atoms with van der Waals surface area (Å²) in [6.07, 6.45) is -11.9. The topological polar surface area (TPSA) is 239 Å². The van der Waals surface area contributed by atoms with Gasteiger partial charge in [-0.05, 0) is 12.1 Å². The first-order valence-corrected chi connectivity index (χ1v) is 11.6. The lowest BCUT2D eigenvalue weighted by molar-refractivity contribution is -0.384. The van der Waals surface area contributed by atoms with Crippen molar-refractivity contribution in [1.82, 2.24) is 10.6 Å². The van der Waals surface area contributed by atoms with Crippen molar-refractivity contribution in [3.63, 3.8) is 0 Å². The number of hydrogen-bond donors (Lipinski definition) is 7. The fourth-order valence-electron chi connectivity index (χ4n) is 4.24. The molecule has 16 heteroatoms. The van der Waals surface area contributed by atoms with E-state index in [4.69, 9.17) is 18.9 Å². The molecule has 2 fully saturated rings. The molecule has 0 unspecified atom stereocenters. The first-order chi connectivity index (χ1) is 18.0. The smallest absolute Gasteiger partial charge is 0.269 e. The average molecular weight is 545 g/mol. The minimum Gasteiger partial charge on any atom is -0.463 e. The number of hydrogen-bond acceptors (Lipinski definition) is 13. The summed E-state index contributed by atoms with van der Waals surface area (Å²) in [6, 6.07) is 2.27. The Balaban J connectivity index is 1.93. The number of carbonyl (C=O) groups excluding carboxylic acids is 2. The maximum Gasteiger partial charge on any atom is 0.269 e. The van der Waals surface area contributed by atoms with Crippen LogP contribution in [0.5, 0.6) is 5.75 Å². The molecule has 0 aliphatic carbocycles. The third kappa shape index (κ3) is 6.72. The molecule has 0 radical (unpaired) electrons. The van der Waals surface area contributed by atoms with E-state index in [1.54, 1.807) is 0 Å². The van der Waals surface area contributed by atoms with E-state index < -0.39 is 91.2 Å². The predicted molar refractivity (Wildman–Crippen MR) is 123 cm³/mol. The van der Waals surface area contributed by atoms with Crippen LogP contribution >= 0.6 is 0 Å². The van der Waals surface area contributed by atoms with Gasteiger partial charge in [0.25, 0.3) is 5.69 Å². The molecule has 2 saturated heterocycles. The highest BCUT2D eigenvalue weighted by molar-refractivity contribution is 5.73. The van der Waals surface area contributed by atoms with Crippen LogP contribution in [0.25, 0.3) is 0 Å². The number of rotatable bonds is 9. The van der Waals surface area contributed by atoms with Gasteiger partial charge in [0.05, 0.1) is 18.1 Å². The Bertz CT molecular complexity index is 980. The summed E-state index contributed by atoms with van der Waals surface area (Å²) in [6.45, 7) is 0.883. The van der Waals surface area contributed by atoms with Gasteiger partial charge in [0.15, 0.2) is 6.29 Å².